The van der Waals surface area contributed by atoms with Gasteiger partial charge in [-0.1, -0.05) is 0 Å². The zero-order valence-electron chi connectivity index (χ0n) is 10.7. The summed E-state index contributed by atoms with van der Waals surface area (Å²) < 4.78 is 0. The Morgan fingerprint density at radius 1 is 1.35 bits per heavy atom. The van der Waals surface area contributed by atoms with Crippen molar-refractivity contribution >= 4 is 5.82 Å². The molecule has 1 unspecified atom stereocenters. The Labute approximate surface area is 102 Å². The summed E-state index contributed by atoms with van der Waals surface area (Å²) in [5.41, 5.74) is 1.70. The molecule has 2 saturated heterocycles. The van der Waals surface area contributed by atoms with E-state index in [4.69, 9.17) is 0 Å². The van der Waals surface area contributed by atoms with Gasteiger partial charge < -0.3 is 10.2 Å². The first-order chi connectivity index (χ1) is 8.19. The predicted molar refractivity (Wildman–Crippen MR) is 68.3 cm³/mol. The summed E-state index contributed by atoms with van der Waals surface area (Å²) in [5.74, 6) is 2.01. The van der Waals surface area contributed by atoms with Crippen LogP contribution in [-0.4, -0.2) is 36.1 Å². The fraction of sp³-hybridized carbons (Fsp3) is 0.692. The van der Waals surface area contributed by atoms with Crippen LogP contribution in [-0.2, 0) is 0 Å². The zero-order chi connectivity index (χ0) is 11.9. The van der Waals surface area contributed by atoms with Gasteiger partial charge in [-0.05, 0) is 33.2 Å². The van der Waals surface area contributed by atoms with E-state index in [0.29, 0.717) is 5.41 Å². The minimum absolute atomic E-state index is 0.505. The molecule has 0 aliphatic carbocycles. The second-order valence-corrected chi connectivity index (χ2v) is 5.52. The monoisotopic (exact) mass is 232 g/mol. The van der Waals surface area contributed by atoms with Gasteiger partial charge in [0, 0.05) is 36.8 Å². The predicted octanol–water partition coefficient (Wildman–Crippen LogP) is 1.28. The van der Waals surface area contributed by atoms with Crippen molar-refractivity contribution < 1.29 is 0 Å². The standard InChI is InChI=1S/C13H20N4/c1-10-7-15-11(2)16-12(10)17-6-4-13(9-17)3-5-14-8-13/h7,14H,3-6,8-9H2,1-2H3. The van der Waals surface area contributed by atoms with Crippen LogP contribution in [0.25, 0.3) is 0 Å². The number of aryl methyl sites for hydroxylation is 2. The van der Waals surface area contributed by atoms with Gasteiger partial charge in [0.05, 0.1) is 0 Å². The molecule has 0 saturated carbocycles. The Bertz CT molecular complexity index is 423. The van der Waals surface area contributed by atoms with E-state index in [9.17, 15) is 0 Å². The Hall–Kier alpha value is -1.16. The van der Waals surface area contributed by atoms with Gasteiger partial charge in [0.25, 0.3) is 0 Å². The number of hydrogen-bond donors (Lipinski definition) is 1. The highest BCUT2D eigenvalue weighted by Gasteiger charge is 2.40. The molecule has 3 heterocycles. The van der Waals surface area contributed by atoms with Crippen LogP contribution in [0.3, 0.4) is 0 Å². The number of rotatable bonds is 1. The molecule has 2 aliphatic heterocycles. The van der Waals surface area contributed by atoms with E-state index in [1.54, 1.807) is 0 Å². The Morgan fingerprint density at radius 2 is 2.24 bits per heavy atom. The van der Waals surface area contributed by atoms with Crippen molar-refractivity contribution in [1.82, 2.24) is 15.3 Å². The van der Waals surface area contributed by atoms with Gasteiger partial charge in [-0.3, -0.25) is 0 Å². The van der Waals surface area contributed by atoms with Crippen molar-refractivity contribution in [2.45, 2.75) is 26.7 Å². The quantitative estimate of drug-likeness (QED) is 0.792. The number of nitrogens with zero attached hydrogens (tertiary/aromatic N) is 3. The van der Waals surface area contributed by atoms with Gasteiger partial charge in [-0.25, -0.2) is 9.97 Å². The molecule has 0 aromatic carbocycles. The van der Waals surface area contributed by atoms with E-state index in [0.717, 1.165) is 24.7 Å². The molecular weight excluding hydrogens is 212 g/mol. The number of hydrogen-bond acceptors (Lipinski definition) is 4. The number of anilines is 1. The Kier molecular flexibility index (Phi) is 2.54. The van der Waals surface area contributed by atoms with Crippen LogP contribution in [0, 0.1) is 19.3 Å². The minimum atomic E-state index is 0.505. The highest BCUT2D eigenvalue weighted by atomic mass is 15.2. The van der Waals surface area contributed by atoms with Crippen molar-refractivity contribution in [3.05, 3.63) is 17.6 Å². The largest absolute Gasteiger partial charge is 0.356 e. The van der Waals surface area contributed by atoms with Gasteiger partial charge >= 0.3 is 0 Å². The smallest absolute Gasteiger partial charge is 0.135 e. The van der Waals surface area contributed by atoms with E-state index in [-0.39, 0.29) is 0 Å². The highest BCUT2D eigenvalue weighted by molar-refractivity contribution is 5.47. The molecule has 0 radical (unpaired) electrons. The van der Waals surface area contributed by atoms with Crippen LogP contribution in [0.5, 0.6) is 0 Å². The molecular formula is C13H20N4. The summed E-state index contributed by atoms with van der Waals surface area (Å²) in [5, 5.41) is 3.49. The average molecular weight is 232 g/mol. The van der Waals surface area contributed by atoms with Crippen molar-refractivity contribution in [3.8, 4) is 0 Å². The summed E-state index contributed by atoms with van der Waals surface area (Å²) in [7, 11) is 0. The molecule has 92 valence electrons. The lowest BCUT2D eigenvalue weighted by Crippen LogP contribution is -2.30. The second-order valence-electron chi connectivity index (χ2n) is 5.52. The third-order valence-corrected chi connectivity index (χ3v) is 4.14. The number of nitrogens with one attached hydrogen (secondary N) is 1. The van der Waals surface area contributed by atoms with Crippen LogP contribution >= 0.6 is 0 Å². The third kappa shape index (κ3) is 1.90. The summed E-state index contributed by atoms with van der Waals surface area (Å²) in [6, 6.07) is 0. The maximum atomic E-state index is 4.60. The third-order valence-electron chi connectivity index (χ3n) is 4.14. The summed E-state index contributed by atoms with van der Waals surface area (Å²) in [4.78, 5) is 11.3. The average Bonchev–Trinajstić information content (AvgIpc) is 2.94. The van der Waals surface area contributed by atoms with Crippen LogP contribution < -0.4 is 10.2 Å². The molecule has 4 nitrogen and oxygen atoms in total. The molecule has 1 N–H and O–H groups in total. The molecule has 17 heavy (non-hydrogen) atoms. The van der Waals surface area contributed by atoms with E-state index in [1.807, 2.05) is 13.1 Å². The Morgan fingerprint density at radius 3 is 3.00 bits per heavy atom. The van der Waals surface area contributed by atoms with Gasteiger partial charge in [-0.15, -0.1) is 0 Å². The van der Waals surface area contributed by atoms with Gasteiger partial charge in [0.15, 0.2) is 0 Å². The fourth-order valence-corrected chi connectivity index (χ4v) is 3.10. The molecule has 0 bridgehead atoms. The fourth-order valence-electron chi connectivity index (χ4n) is 3.10. The van der Waals surface area contributed by atoms with Crippen molar-refractivity contribution in [1.29, 1.82) is 0 Å². The first-order valence-electron chi connectivity index (χ1n) is 6.45. The minimum Gasteiger partial charge on any atom is -0.356 e. The summed E-state index contributed by atoms with van der Waals surface area (Å²) >= 11 is 0. The Balaban J connectivity index is 1.84. The maximum Gasteiger partial charge on any atom is 0.135 e. The molecule has 1 aromatic heterocycles. The van der Waals surface area contributed by atoms with Crippen LogP contribution in [0.1, 0.15) is 24.2 Å². The highest BCUT2D eigenvalue weighted by Crippen LogP contribution is 2.38. The van der Waals surface area contributed by atoms with E-state index < -0.39 is 0 Å². The van der Waals surface area contributed by atoms with E-state index in [1.165, 1.54) is 31.5 Å². The van der Waals surface area contributed by atoms with Crippen LogP contribution in [0.15, 0.2) is 6.20 Å². The molecule has 2 aliphatic rings. The maximum absolute atomic E-state index is 4.60. The summed E-state index contributed by atoms with van der Waals surface area (Å²) in [6.07, 6.45) is 4.55. The van der Waals surface area contributed by atoms with E-state index in [2.05, 4.69) is 27.1 Å². The van der Waals surface area contributed by atoms with Crippen LogP contribution in [0.2, 0.25) is 0 Å². The summed E-state index contributed by atoms with van der Waals surface area (Å²) in [6.45, 7) is 8.71. The molecule has 1 aromatic rings. The van der Waals surface area contributed by atoms with Gasteiger partial charge in [0.1, 0.15) is 11.6 Å². The first kappa shape index (κ1) is 11.0. The van der Waals surface area contributed by atoms with Gasteiger partial charge in [-0.2, -0.15) is 0 Å². The first-order valence-corrected chi connectivity index (χ1v) is 6.45. The molecule has 3 rings (SSSR count). The molecule has 4 heteroatoms. The van der Waals surface area contributed by atoms with Gasteiger partial charge in [0.2, 0.25) is 0 Å². The molecule has 1 spiro atoms. The lowest BCUT2D eigenvalue weighted by Gasteiger charge is -2.24. The van der Waals surface area contributed by atoms with Crippen molar-refractivity contribution in [2.75, 3.05) is 31.1 Å². The van der Waals surface area contributed by atoms with E-state index >= 15 is 0 Å². The SMILES string of the molecule is Cc1ncc(C)c(N2CCC3(CCNC3)C2)n1. The van der Waals surface area contributed by atoms with Crippen LogP contribution in [0.4, 0.5) is 5.82 Å². The molecule has 1 atom stereocenters. The van der Waals surface area contributed by atoms with Crippen molar-refractivity contribution in [2.24, 2.45) is 5.41 Å². The van der Waals surface area contributed by atoms with Crippen molar-refractivity contribution in [3.63, 3.8) is 0 Å². The molecule has 2 fully saturated rings. The topological polar surface area (TPSA) is 41.1 Å². The number of aromatic nitrogens is 2. The zero-order valence-corrected chi connectivity index (χ0v) is 10.7. The lowest BCUT2D eigenvalue weighted by molar-refractivity contribution is 0.369. The second kappa shape index (κ2) is 3.95. The lowest BCUT2D eigenvalue weighted by atomic mass is 9.87. The normalized spacial score (nSPS) is 28.2. The molecule has 0 amide bonds.